The molecule has 0 aliphatic rings. The fraction of sp³-hybridized carbons (Fsp3) is 0. The smallest absolute Gasteiger partial charge is 0.143 e. The lowest BCUT2D eigenvalue weighted by Crippen LogP contribution is -1.91. The lowest BCUT2D eigenvalue weighted by Gasteiger charge is -2.17. The van der Waals surface area contributed by atoms with Crippen LogP contribution in [-0.4, -0.2) is 4.98 Å². The van der Waals surface area contributed by atoms with Crippen molar-refractivity contribution in [2.45, 2.75) is 0 Å². The van der Waals surface area contributed by atoms with Gasteiger partial charge >= 0.3 is 0 Å². The Labute approximate surface area is 248 Å². The molecule has 0 fully saturated rings. The van der Waals surface area contributed by atoms with Crippen molar-refractivity contribution < 1.29 is 4.42 Å². The lowest BCUT2D eigenvalue weighted by atomic mass is 9.86. The molecular formula is C41H25NO. The van der Waals surface area contributed by atoms with Gasteiger partial charge in [-0.05, 0) is 67.9 Å². The minimum absolute atomic E-state index is 0.878. The highest BCUT2D eigenvalue weighted by atomic mass is 16.3. The van der Waals surface area contributed by atoms with Gasteiger partial charge in [-0.15, -0.1) is 0 Å². The van der Waals surface area contributed by atoms with Gasteiger partial charge in [0, 0.05) is 33.5 Å². The number of aromatic nitrogens is 1. The van der Waals surface area contributed by atoms with E-state index in [2.05, 4.69) is 146 Å². The molecule has 2 nitrogen and oxygen atoms in total. The SMILES string of the molecule is c1ccc(-c2c3ccccc3c(-c3ccc(-c4ccc5c(c4)oc4c6ccccc6ccc54)nc3)c3ccccc23)cc1. The van der Waals surface area contributed by atoms with Crippen molar-refractivity contribution >= 4 is 54.3 Å². The molecule has 0 saturated carbocycles. The van der Waals surface area contributed by atoms with Crippen molar-refractivity contribution in [2.75, 3.05) is 0 Å². The van der Waals surface area contributed by atoms with Crippen molar-refractivity contribution in [3.63, 3.8) is 0 Å². The van der Waals surface area contributed by atoms with E-state index in [0.717, 1.165) is 44.1 Å². The molecule has 2 aromatic heterocycles. The molecule has 7 aromatic carbocycles. The van der Waals surface area contributed by atoms with Crippen molar-refractivity contribution in [1.29, 1.82) is 0 Å². The summed E-state index contributed by atoms with van der Waals surface area (Å²) < 4.78 is 6.44. The molecule has 0 spiro atoms. The third kappa shape index (κ3) is 3.70. The number of rotatable bonds is 3. The average molecular weight is 548 g/mol. The first-order chi connectivity index (χ1) is 21.3. The van der Waals surface area contributed by atoms with Crippen molar-refractivity contribution in [3.05, 3.63) is 152 Å². The third-order valence-electron chi connectivity index (χ3n) is 8.71. The summed E-state index contributed by atoms with van der Waals surface area (Å²) in [5, 5.41) is 9.53. The first-order valence-corrected chi connectivity index (χ1v) is 14.6. The van der Waals surface area contributed by atoms with Gasteiger partial charge in [0.05, 0.1) is 5.69 Å². The van der Waals surface area contributed by atoms with Gasteiger partial charge in [0.25, 0.3) is 0 Å². The Kier molecular flexibility index (Phi) is 5.23. The first kappa shape index (κ1) is 23.9. The van der Waals surface area contributed by atoms with E-state index in [1.807, 2.05) is 6.20 Å². The number of furan rings is 1. The predicted octanol–water partition coefficient (Wildman–Crippen LogP) is 11.4. The molecule has 200 valence electrons. The van der Waals surface area contributed by atoms with Gasteiger partial charge < -0.3 is 4.42 Å². The van der Waals surface area contributed by atoms with Crippen LogP contribution < -0.4 is 0 Å². The van der Waals surface area contributed by atoms with E-state index in [1.54, 1.807) is 0 Å². The van der Waals surface area contributed by atoms with Gasteiger partial charge in [-0.1, -0.05) is 121 Å². The summed E-state index contributed by atoms with van der Waals surface area (Å²) in [5.41, 5.74) is 8.59. The summed E-state index contributed by atoms with van der Waals surface area (Å²) in [5.74, 6) is 0. The summed E-state index contributed by atoms with van der Waals surface area (Å²) in [6.07, 6.45) is 2.02. The van der Waals surface area contributed by atoms with Crippen LogP contribution in [0.15, 0.2) is 156 Å². The molecule has 0 aliphatic carbocycles. The lowest BCUT2D eigenvalue weighted by molar-refractivity contribution is 0.673. The fourth-order valence-electron chi connectivity index (χ4n) is 6.73. The largest absolute Gasteiger partial charge is 0.455 e. The molecule has 0 bridgehead atoms. The van der Waals surface area contributed by atoms with E-state index >= 15 is 0 Å². The molecule has 2 heterocycles. The Morgan fingerprint density at radius 3 is 1.65 bits per heavy atom. The Morgan fingerprint density at radius 1 is 0.395 bits per heavy atom. The van der Waals surface area contributed by atoms with Gasteiger partial charge in [0.15, 0.2) is 0 Å². The van der Waals surface area contributed by atoms with Crippen LogP contribution in [0, 0.1) is 0 Å². The molecule has 0 unspecified atom stereocenters. The molecule has 0 radical (unpaired) electrons. The van der Waals surface area contributed by atoms with Crippen LogP contribution in [0.3, 0.4) is 0 Å². The topological polar surface area (TPSA) is 26.0 Å². The number of fused-ring (bicyclic) bond motifs is 7. The quantitative estimate of drug-likeness (QED) is 0.206. The molecule has 0 aliphatic heterocycles. The second kappa shape index (κ2) is 9.40. The molecule has 0 amide bonds. The van der Waals surface area contributed by atoms with E-state index in [9.17, 15) is 0 Å². The van der Waals surface area contributed by atoms with Crippen LogP contribution in [0.2, 0.25) is 0 Å². The third-order valence-corrected chi connectivity index (χ3v) is 8.71. The molecule has 9 aromatic rings. The zero-order valence-electron chi connectivity index (χ0n) is 23.3. The van der Waals surface area contributed by atoms with Crippen molar-refractivity contribution in [1.82, 2.24) is 4.98 Å². The zero-order chi connectivity index (χ0) is 28.3. The zero-order valence-corrected chi connectivity index (χ0v) is 23.3. The summed E-state index contributed by atoms with van der Waals surface area (Å²) >= 11 is 0. The Balaban J connectivity index is 1.19. The molecule has 0 atom stereocenters. The molecule has 0 saturated heterocycles. The average Bonchev–Trinajstić information content (AvgIpc) is 3.46. The minimum Gasteiger partial charge on any atom is -0.455 e. The van der Waals surface area contributed by atoms with Crippen molar-refractivity contribution in [3.8, 4) is 33.5 Å². The van der Waals surface area contributed by atoms with E-state index in [1.165, 1.54) is 43.6 Å². The molecule has 0 N–H and O–H groups in total. The van der Waals surface area contributed by atoms with Crippen LogP contribution >= 0.6 is 0 Å². The number of hydrogen-bond donors (Lipinski definition) is 0. The minimum atomic E-state index is 0.878. The standard InChI is InChI=1S/C41H25NO/c1-2-11-27(12-3-1)39-32-14-6-8-16-34(32)40(35-17-9-7-15-33(35)39)29-20-23-37(42-25-29)28-19-21-31-36-22-18-26-10-4-5-13-30(26)41(36)43-38(31)24-28/h1-25H. The molecule has 9 rings (SSSR count). The second-order valence-corrected chi connectivity index (χ2v) is 11.1. The number of nitrogens with zero attached hydrogens (tertiary/aromatic N) is 1. The number of benzene rings is 7. The maximum absolute atomic E-state index is 6.44. The Bertz CT molecular complexity index is 2430. The maximum Gasteiger partial charge on any atom is 0.143 e. The monoisotopic (exact) mass is 547 g/mol. The molecule has 43 heavy (non-hydrogen) atoms. The van der Waals surface area contributed by atoms with Crippen LogP contribution in [0.1, 0.15) is 0 Å². The van der Waals surface area contributed by atoms with Gasteiger partial charge in [-0.25, -0.2) is 0 Å². The van der Waals surface area contributed by atoms with Crippen LogP contribution in [0.5, 0.6) is 0 Å². The Morgan fingerprint density at radius 2 is 0.977 bits per heavy atom. The second-order valence-electron chi connectivity index (χ2n) is 11.1. The van der Waals surface area contributed by atoms with Crippen LogP contribution in [0.4, 0.5) is 0 Å². The summed E-state index contributed by atoms with van der Waals surface area (Å²) in [6.45, 7) is 0. The fourth-order valence-corrected chi connectivity index (χ4v) is 6.73. The highest BCUT2D eigenvalue weighted by Crippen LogP contribution is 2.43. The van der Waals surface area contributed by atoms with Crippen LogP contribution in [-0.2, 0) is 0 Å². The van der Waals surface area contributed by atoms with Crippen molar-refractivity contribution in [2.24, 2.45) is 0 Å². The first-order valence-electron chi connectivity index (χ1n) is 14.6. The van der Waals surface area contributed by atoms with E-state index in [-0.39, 0.29) is 0 Å². The number of hydrogen-bond acceptors (Lipinski definition) is 2. The number of pyridine rings is 1. The summed E-state index contributed by atoms with van der Waals surface area (Å²) in [4.78, 5) is 4.99. The molecular weight excluding hydrogens is 522 g/mol. The van der Waals surface area contributed by atoms with Gasteiger partial charge in [-0.2, -0.15) is 0 Å². The van der Waals surface area contributed by atoms with E-state index in [4.69, 9.17) is 9.40 Å². The maximum atomic E-state index is 6.44. The summed E-state index contributed by atoms with van der Waals surface area (Å²) in [7, 11) is 0. The Hall–Kier alpha value is -5.73. The van der Waals surface area contributed by atoms with E-state index in [0.29, 0.717) is 0 Å². The van der Waals surface area contributed by atoms with Gasteiger partial charge in [0.2, 0.25) is 0 Å². The summed E-state index contributed by atoms with van der Waals surface area (Å²) in [6, 6.07) is 51.6. The van der Waals surface area contributed by atoms with Crippen LogP contribution in [0.25, 0.3) is 87.8 Å². The highest BCUT2D eigenvalue weighted by molar-refractivity contribution is 6.21. The highest BCUT2D eigenvalue weighted by Gasteiger charge is 2.17. The van der Waals surface area contributed by atoms with Gasteiger partial charge in [0.1, 0.15) is 11.2 Å². The van der Waals surface area contributed by atoms with E-state index < -0.39 is 0 Å². The van der Waals surface area contributed by atoms with Gasteiger partial charge in [-0.3, -0.25) is 4.98 Å². The predicted molar refractivity (Wildman–Crippen MR) is 180 cm³/mol. The normalized spacial score (nSPS) is 11.7. The molecule has 2 heteroatoms.